The minimum absolute atomic E-state index is 0.197. The minimum Gasteiger partial charge on any atom is -0.516 e. The third-order valence-corrected chi connectivity index (χ3v) is 1.55. The van der Waals surface area contributed by atoms with E-state index in [4.69, 9.17) is 10.8 Å². The molecule has 0 aromatic heterocycles. The first-order valence-corrected chi connectivity index (χ1v) is 3.60. The molecule has 0 fully saturated rings. The molecule has 0 saturated carbocycles. The third kappa shape index (κ3) is 1.92. The molecule has 3 heteroatoms. The summed E-state index contributed by atoms with van der Waals surface area (Å²) in [5.74, 6) is 0.197. The van der Waals surface area contributed by atoms with Crippen LogP contribution in [0.5, 0.6) is 5.75 Å². The lowest BCUT2D eigenvalue weighted by Crippen LogP contribution is -1.88. The van der Waals surface area contributed by atoms with Crippen molar-refractivity contribution in [2.75, 3.05) is 5.73 Å². The Kier molecular flexibility index (Phi) is 2.58. The first kappa shape index (κ1) is 8.46. The molecular weight excluding hydrogens is 154 g/mol. The summed E-state index contributed by atoms with van der Waals surface area (Å²) in [4.78, 5) is 0. The Labute approximate surface area is 70.8 Å². The molecule has 0 aliphatic heterocycles. The second kappa shape index (κ2) is 3.67. The van der Waals surface area contributed by atoms with Gasteiger partial charge in [0.05, 0.1) is 6.26 Å². The van der Waals surface area contributed by atoms with Crippen molar-refractivity contribution in [1.29, 1.82) is 0 Å². The van der Waals surface area contributed by atoms with Crippen molar-refractivity contribution in [2.45, 2.75) is 6.42 Å². The summed E-state index contributed by atoms with van der Waals surface area (Å²) < 4.78 is 0. The zero-order valence-electron chi connectivity index (χ0n) is 6.57. The summed E-state index contributed by atoms with van der Waals surface area (Å²) in [6.07, 6.45) is 2.96. The smallest absolute Gasteiger partial charge is 0.119 e. The van der Waals surface area contributed by atoms with Crippen LogP contribution in [-0.4, -0.2) is 10.2 Å². The van der Waals surface area contributed by atoms with Gasteiger partial charge in [0.15, 0.2) is 0 Å². The average molecular weight is 165 g/mol. The maximum atomic E-state index is 9.29. The van der Waals surface area contributed by atoms with Crippen molar-refractivity contribution in [3.63, 3.8) is 0 Å². The molecule has 0 bridgehead atoms. The number of nitrogens with two attached hydrogens (primary N) is 1. The molecule has 0 radical (unpaired) electrons. The fourth-order valence-corrected chi connectivity index (χ4v) is 0.949. The van der Waals surface area contributed by atoms with E-state index in [9.17, 15) is 5.11 Å². The lowest BCUT2D eigenvalue weighted by Gasteiger charge is -2.01. The predicted octanol–water partition coefficient (Wildman–Crippen LogP) is 1.59. The third-order valence-electron chi connectivity index (χ3n) is 1.55. The number of rotatable bonds is 2. The highest BCUT2D eigenvalue weighted by atomic mass is 16.3. The van der Waals surface area contributed by atoms with Gasteiger partial charge < -0.3 is 15.9 Å². The molecule has 0 aliphatic rings. The van der Waals surface area contributed by atoms with Crippen LogP contribution in [0.4, 0.5) is 5.69 Å². The van der Waals surface area contributed by atoms with E-state index >= 15 is 0 Å². The lowest BCUT2D eigenvalue weighted by molar-refractivity contribution is 0.465. The van der Waals surface area contributed by atoms with Crippen molar-refractivity contribution in [2.24, 2.45) is 0 Å². The van der Waals surface area contributed by atoms with Crippen LogP contribution in [0.1, 0.15) is 5.56 Å². The van der Waals surface area contributed by atoms with Crippen molar-refractivity contribution in [1.82, 2.24) is 0 Å². The normalized spacial score (nSPS) is 10.7. The largest absolute Gasteiger partial charge is 0.516 e. The summed E-state index contributed by atoms with van der Waals surface area (Å²) >= 11 is 0. The summed E-state index contributed by atoms with van der Waals surface area (Å²) in [7, 11) is 0. The first-order chi connectivity index (χ1) is 5.74. The number of phenolic OH excluding ortho intramolecular Hbond substituents is 1. The topological polar surface area (TPSA) is 66.5 Å². The Balaban J connectivity index is 2.89. The van der Waals surface area contributed by atoms with Crippen molar-refractivity contribution < 1.29 is 10.2 Å². The molecule has 0 amide bonds. The molecule has 0 atom stereocenters. The monoisotopic (exact) mass is 165 g/mol. The molecule has 0 saturated heterocycles. The number of benzene rings is 1. The maximum absolute atomic E-state index is 9.29. The number of phenols is 1. The Bertz CT molecular complexity index is 295. The number of allylic oxidation sites excluding steroid dienone is 1. The van der Waals surface area contributed by atoms with Gasteiger partial charge in [-0.3, -0.25) is 0 Å². The summed E-state index contributed by atoms with van der Waals surface area (Å²) in [5, 5.41) is 17.7. The molecule has 0 aliphatic carbocycles. The van der Waals surface area contributed by atoms with Crippen LogP contribution in [0.25, 0.3) is 0 Å². The molecule has 0 spiro atoms. The Morgan fingerprint density at radius 2 is 2.17 bits per heavy atom. The Hall–Kier alpha value is -1.64. The first-order valence-electron chi connectivity index (χ1n) is 3.60. The van der Waals surface area contributed by atoms with E-state index in [1.165, 1.54) is 12.1 Å². The highest BCUT2D eigenvalue weighted by Crippen LogP contribution is 2.20. The van der Waals surface area contributed by atoms with Gasteiger partial charge in [-0.05, 0) is 36.3 Å². The van der Waals surface area contributed by atoms with Gasteiger partial charge in [-0.2, -0.15) is 0 Å². The predicted molar refractivity (Wildman–Crippen MR) is 48.0 cm³/mol. The Morgan fingerprint density at radius 3 is 2.83 bits per heavy atom. The molecule has 0 heterocycles. The van der Waals surface area contributed by atoms with Gasteiger partial charge in [0, 0.05) is 5.69 Å². The fourth-order valence-electron chi connectivity index (χ4n) is 0.949. The number of aliphatic hydroxyl groups is 1. The molecule has 0 unspecified atom stereocenters. The Morgan fingerprint density at radius 1 is 1.42 bits per heavy atom. The second-order valence-corrected chi connectivity index (χ2v) is 2.48. The molecule has 64 valence electrons. The molecule has 4 N–H and O–H groups in total. The number of anilines is 1. The molecular formula is C9H11NO2. The van der Waals surface area contributed by atoms with E-state index in [1.807, 2.05) is 0 Å². The van der Waals surface area contributed by atoms with Crippen molar-refractivity contribution >= 4 is 5.69 Å². The van der Waals surface area contributed by atoms with Crippen LogP contribution in [0.15, 0.2) is 30.5 Å². The van der Waals surface area contributed by atoms with Gasteiger partial charge in [0.25, 0.3) is 0 Å². The molecule has 3 nitrogen and oxygen atoms in total. The molecule has 1 aromatic rings. The maximum Gasteiger partial charge on any atom is 0.119 e. The second-order valence-electron chi connectivity index (χ2n) is 2.48. The zero-order chi connectivity index (χ0) is 8.97. The van der Waals surface area contributed by atoms with Crippen LogP contribution in [0, 0.1) is 0 Å². The average Bonchev–Trinajstić information content (AvgIpc) is 2.07. The van der Waals surface area contributed by atoms with E-state index in [-0.39, 0.29) is 5.75 Å². The number of aliphatic hydroxyl groups excluding tert-OH is 1. The van der Waals surface area contributed by atoms with Gasteiger partial charge in [0.1, 0.15) is 5.75 Å². The summed E-state index contributed by atoms with van der Waals surface area (Å²) in [6.45, 7) is 0. The van der Waals surface area contributed by atoms with E-state index in [1.54, 1.807) is 12.1 Å². The van der Waals surface area contributed by atoms with Crippen molar-refractivity contribution in [3.8, 4) is 5.75 Å². The van der Waals surface area contributed by atoms with Crippen LogP contribution in [0.2, 0.25) is 0 Å². The number of hydrogen-bond donors (Lipinski definition) is 3. The van der Waals surface area contributed by atoms with Crippen LogP contribution < -0.4 is 5.73 Å². The quantitative estimate of drug-likeness (QED) is 0.354. The van der Waals surface area contributed by atoms with Gasteiger partial charge >= 0.3 is 0 Å². The van der Waals surface area contributed by atoms with E-state index < -0.39 is 0 Å². The van der Waals surface area contributed by atoms with Gasteiger partial charge in [-0.25, -0.2) is 0 Å². The lowest BCUT2D eigenvalue weighted by atomic mass is 10.1. The van der Waals surface area contributed by atoms with Crippen LogP contribution >= 0.6 is 0 Å². The van der Waals surface area contributed by atoms with Crippen LogP contribution in [0.3, 0.4) is 0 Å². The number of nitrogen functional groups attached to an aromatic ring is 1. The zero-order valence-corrected chi connectivity index (χ0v) is 6.57. The summed E-state index contributed by atoms with van der Waals surface area (Å²) in [5.41, 5.74) is 6.82. The van der Waals surface area contributed by atoms with Crippen molar-refractivity contribution in [3.05, 3.63) is 36.1 Å². The van der Waals surface area contributed by atoms with E-state index in [2.05, 4.69) is 0 Å². The number of hydrogen-bond acceptors (Lipinski definition) is 3. The van der Waals surface area contributed by atoms with E-state index in [0.717, 1.165) is 6.26 Å². The van der Waals surface area contributed by atoms with Gasteiger partial charge in [0.2, 0.25) is 0 Å². The number of aromatic hydroxyl groups is 1. The van der Waals surface area contributed by atoms with Gasteiger partial charge in [-0.1, -0.05) is 0 Å². The fraction of sp³-hybridized carbons (Fsp3) is 0.111. The standard InChI is InChI=1S/C9H11NO2/c10-8-3-4-9(12)7(6-8)2-1-5-11/h1,3-6,11-12H,2,10H2. The molecule has 1 rings (SSSR count). The molecule has 1 aromatic carbocycles. The van der Waals surface area contributed by atoms with Crippen LogP contribution in [-0.2, 0) is 6.42 Å². The minimum atomic E-state index is 0.197. The van der Waals surface area contributed by atoms with E-state index in [0.29, 0.717) is 17.7 Å². The SMILES string of the molecule is Nc1ccc(O)c(CC=CO)c1. The molecule has 12 heavy (non-hydrogen) atoms. The highest BCUT2D eigenvalue weighted by molar-refractivity contribution is 5.47. The van der Waals surface area contributed by atoms with Gasteiger partial charge in [-0.15, -0.1) is 0 Å². The highest BCUT2D eigenvalue weighted by Gasteiger charge is 1.98. The summed E-state index contributed by atoms with van der Waals surface area (Å²) in [6, 6.07) is 4.84.